The summed E-state index contributed by atoms with van der Waals surface area (Å²) in [5.41, 5.74) is 2.49. The summed E-state index contributed by atoms with van der Waals surface area (Å²) in [6, 6.07) is 15.2. The molecule has 0 aliphatic rings. The van der Waals surface area contributed by atoms with E-state index in [4.69, 9.17) is 0 Å². The van der Waals surface area contributed by atoms with Gasteiger partial charge >= 0.3 is 0 Å². The predicted molar refractivity (Wildman–Crippen MR) is 103 cm³/mol. The van der Waals surface area contributed by atoms with E-state index in [1.54, 1.807) is 13.8 Å². The zero-order valence-electron chi connectivity index (χ0n) is 15.5. The highest BCUT2D eigenvalue weighted by molar-refractivity contribution is 6.13. The molecule has 0 fully saturated rings. The first-order valence-corrected chi connectivity index (χ1v) is 8.49. The summed E-state index contributed by atoms with van der Waals surface area (Å²) in [5, 5.41) is 5.62. The summed E-state index contributed by atoms with van der Waals surface area (Å²) in [6.45, 7) is 9.45. The normalized spacial score (nSPS) is 11.3. The van der Waals surface area contributed by atoms with Gasteiger partial charge in [-0.2, -0.15) is 0 Å². The average molecular weight is 338 g/mol. The van der Waals surface area contributed by atoms with Crippen molar-refractivity contribution in [1.82, 2.24) is 0 Å². The van der Waals surface area contributed by atoms with Crippen molar-refractivity contribution in [2.24, 2.45) is 5.41 Å². The third kappa shape index (κ3) is 4.69. The number of hydrogen-bond acceptors (Lipinski definition) is 2. The summed E-state index contributed by atoms with van der Waals surface area (Å²) in [5.74, 6) is -0.247. The maximum atomic E-state index is 12.6. The van der Waals surface area contributed by atoms with E-state index in [2.05, 4.69) is 24.5 Å². The lowest BCUT2D eigenvalue weighted by Gasteiger charge is -2.23. The third-order valence-corrected chi connectivity index (χ3v) is 4.28. The van der Waals surface area contributed by atoms with E-state index in [1.807, 2.05) is 55.5 Å². The Morgan fingerprint density at radius 2 is 1.20 bits per heavy atom. The fraction of sp³-hybridized carbons (Fsp3) is 0.333. The van der Waals surface area contributed by atoms with Crippen LogP contribution in [-0.2, 0) is 9.59 Å². The number of benzene rings is 2. The lowest BCUT2D eigenvalue weighted by atomic mass is 9.90. The molecule has 0 unspecified atom stereocenters. The SMILES string of the molecule is Cc1ccc(NC(=O)C(C)(C)C(=O)Nc2ccc(C(C)C)cc2)cc1. The van der Waals surface area contributed by atoms with Crippen LogP contribution in [0.25, 0.3) is 0 Å². The molecule has 0 heterocycles. The van der Waals surface area contributed by atoms with Gasteiger partial charge in [-0.15, -0.1) is 0 Å². The molecule has 0 bridgehead atoms. The molecule has 0 aliphatic heterocycles. The molecule has 4 heteroatoms. The van der Waals surface area contributed by atoms with E-state index < -0.39 is 5.41 Å². The van der Waals surface area contributed by atoms with Gasteiger partial charge in [0.1, 0.15) is 5.41 Å². The van der Waals surface area contributed by atoms with Gasteiger partial charge in [-0.25, -0.2) is 0 Å². The largest absolute Gasteiger partial charge is 0.325 e. The van der Waals surface area contributed by atoms with Crippen molar-refractivity contribution in [2.75, 3.05) is 10.6 Å². The summed E-state index contributed by atoms with van der Waals surface area (Å²) in [4.78, 5) is 25.1. The zero-order chi connectivity index (χ0) is 18.6. The standard InChI is InChI=1S/C21H26N2O2/c1-14(2)16-8-12-18(13-9-16)23-20(25)21(4,5)19(24)22-17-10-6-15(3)7-11-17/h6-14H,1-5H3,(H,22,24)(H,23,25). The molecule has 132 valence electrons. The number of hydrogen-bond donors (Lipinski definition) is 2. The van der Waals surface area contributed by atoms with E-state index in [9.17, 15) is 9.59 Å². The molecule has 2 aromatic carbocycles. The molecule has 0 radical (unpaired) electrons. The van der Waals surface area contributed by atoms with E-state index in [0.717, 1.165) is 5.56 Å². The Labute approximate surface area is 149 Å². The highest BCUT2D eigenvalue weighted by Gasteiger charge is 2.36. The van der Waals surface area contributed by atoms with Gasteiger partial charge < -0.3 is 10.6 Å². The Bertz CT molecular complexity index is 744. The van der Waals surface area contributed by atoms with Crippen molar-refractivity contribution in [2.45, 2.75) is 40.5 Å². The quantitative estimate of drug-likeness (QED) is 0.775. The smallest absolute Gasteiger partial charge is 0.239 e. The molecule has 2 aromatic rings. The molecule has 2 amide bonds. The lowest BCUT2D eigenvalue weighted by molar-refractivity contribution is -0.135. The fourth-order valence-corrected chi connectivity index (χ4v) is 2.27. The monoisotopic (exact) mass is 338 g/mol. The molecule has 0 spiro atoms. The van der Waals surface area contributed by atoms with Crippen LogP contribution in [0.5, 0.6) is 0 Å². The molecule has 0 aromatic heterocycles. The van der Waals surface area contributed by atoms with Gasteiger partial charge in [0.2, 0.25) is 11.8 Å². The van der Waals surface area contributed by atoms with Crippen LogP contribution in [0.3, 0.4) is 0 Å². The zero-order valence-corrected chi connectivity index (χ0v) is 15.5. The van der Waals surface area contributed by atoms with E-state index in [0.29, 0.717) is 17.3 Å². The van der Waals surface area contributed by atoms with Crippen LogP contribution in [0.1, 0.15) is 44.7 Å². The molecule has 0 saturated carbocycles. The Hall–Kier alpha value is -2.62. The number of carbonyl (C=O) groups excluding carboxylic acids is 2. The van der Waals surface area contributed by atoms with Gasteiger partial charge in [0.05, 0.1) is 0 Å². The highest BCUT2D eigenvalue weighted by Crippen LogP contribution is 2.23. The van der Waals surface area contributed by atoms with Crippen molar-refractivity contribution >= 4 is 23.2 Å². The van der Waals surface area contributed by atoms with Gasteiger partial charge in [0.15, 0.2) is 0 Å². The van der Waals surface area contributed by atoms with Crippen LogP contribution in [0.15, 0.2) is 48.5 Å². The summed E-state index contributed by atoms with van der Waals surface area (Å²) in [6.07, 6.45) is 0. The third-order valence-electron chi connectivity index (χ3n) is 4.28. The lowest BCUT2D eigenvalue weighted by Crippen LogP contribution is -2.41. The van der Waals surface area contributed by atoms with Gasteiger partial charge in [0.25, 0.3) is 0 Å². The number of nitrogens with one attached hydrogen (secondary N) is 2. The first kappa shape index (κ1) is 18.7. The molecular formula is C21H26N2O2. The second-order valence-corrected chi connectivity index (χ2v) is 7.18. The van der Waals surface area contributed by atoms with Gasteiger partial charge in [0, 0.05) is 11.4 Å². The number of aryl methyl sites for hydroxylation is 1. The van der Waals surface area contributed by atoms with Crippen molar-refractivity contribution in [1.29, 1.82) is 0 Å². The average Bonchev–Trinajstić information content (AvgIpc) is 2.57. The minimum atomic E-state index is -1.19. The highest BCUT2D eigenvalue weighted by atomic mass is 16.2. The van der Waals surface area contributed by atoms with Gasteiger partial charge in [-0.1, -0.05) is 43.7 Å². The Morgan fingerprint density at radius 3 is 1.60 bits per heavy atom. The second-order valence-electron chi connectivity index (χ2n) is 7.18. The molecule has 2 N–H and O–H groups in total. The van der Waals surface area contributed by atoms with E-state index >= 15 is 0 Å². The minimum Gasteiger partial charge on any atom is -0.325 e. The molecule has 4 nitrogen and oxygen atoms in total. The predicted octanol–water partition coefficient (Wildman–Crippen LogP) is 4.72. The van der Waals surface area contributed by atoms with Crippen LogP contribution in [0.4, 0.5) is 11.4 Å². The van der Waals surface area contributed by atoms with Crippen molar-refractivity contribution in [3.8, 4) is 0 Å². The van der Waals surface area contributed by atoms with Gasteiger partial charge in [-0.05, 0) is 56.5 Å². The first-order valence-electron chi connectivity index (χ1n) is 8.49. The first-order chi connectivity index (χ1) is 11.7. The summed E-state index contributed by atoms with van der Waals surface area (Å²) < 4.78 is 0. The Balaban J connectivity index is 2.05. The maximum absolute atomic E-state index is 12.6. The van der Waals surface area contributed by atoms with Crippen LogP contribution in [0.2, 0.25) is 0 Å². The maximum Gasteiger partial charge on any atom is 0.239 e. The van der Waals surface area contributed by atoms with Crippen molar-refractivity contribution in [3.05, 3.63) is 59.7 Å². The second kappa shape index (κ2) is 7.51. The van der Waals surface area contributed by atoms with Crippen LogP contribution >= 0.6 is 0 Å². The minimum absolute atomic E-state index is 0.339. The topological polar surface area (TPSA) is 58.2 Å². The molecule has 25 heavy (non-hydrogen) atoms. The molecular weight excluding hydrogens is 312 g/mol. The Kier molecular flexibility index (Phi) is 5.62. The van der Waals surface area contributed by atoms with Crippen LogP contribution < -0.4 is 10.6 Å². The number of carbonyl (C=O) groups is 2. The fourth-order valence-electron chi connectivity index (χ4n) is 2.27. The molecule has 0 atom stereocenters. The summed E-state index contributed by atoms with van der Waals surface area (Å²) >= 11 is 0. The molecule has 0 saturated heterocycles. The van der Waals surface area contributed by atoms with Crippen LogP contribution in [-0.4, -0.2) is 11.8 Å². The number of rotatable bonds is 5. The van der Waals surface area contributed by atoms with Crippen molar-refractivity contribution in [3.63, 3.8) is 0 Å². The molecule has 0 aliphatic carbocycles. The van der Waals surface area contributed by atoms with Crippen LogP contribution in [0, 0.1) is 12.3 Å². The van der Waals surface area contributed by atoms with Gasteiger partial charge in [-0.3, -0.25) is 9.59 Å². The van der Waals surface area contributed by atoms with Crippen molar-refractivity contribution < 1.29 is 9.59 Å². The number of anilines is 2. The van der Waals surface area contributed by atoms with E-state index in [1.165, 1.54) is 5.56 Å². The molecule has 2 rings (SSSR count). The van der Waals surface area contributed by atoms with E-state index in [-0.39, 0.29) is 11.8 Å². The summed E-state index contributed by atoms with van der Waals surface area (Å²) in [7, 11) is 0. The Morgan fingerprint density at radius 1 is 0.800 bits per heavy atom. The number of amides is 2.